The van der Waals surface area contributed by atoms with Gasteiger partial charge in [-0.05, 0) is 25.8 Å². The maximum absolute atomic E-state index is 8.63. The minimum atomic E-state index is 0.0727. The van der Waals surface area contributed by atoms with Crippen LogP contribution in [0.5, 0.6) is 0 Å². The smallest absolute Gasteiger partial charge is 0.143 e. The summed E-state index contributed by atoms with van der Waals surface area (Å²) in [6.07, 6.45) is 3.94. The fraction of sp³-hybridized carbons (Fsp3) is 0.917. The van der Waals surface area contributed by atoms with E-state index in [4.69, 9.17) is 15.7 Å². The number of rotatable bonds is 6. The van der Waals surface area contributed by atoms with Crippen LogP contribution >= 0.6 is 0 Å². The van der Waals surface area contributed by atoms with Crippen LogP contribution in [0.3, 0.4) is 0 Å². The van der Waals surface area contributed by atoms with Crippen molar-refractivity contribution in [3.05, 3.63) is 0 Å². The first-order chi connectivity index (χ1) is 8.17. The molecule has 0 aliphatic carbocycles. The Hall–Kier alpha value is -0.810. The Bertz CT molecular complexity index is 240. The van der Waals surface area contributed by atoms with Gasteiger partial charge in [0.25, 0.3) is 0 Å². The number of oxime groups is 1. The Morgan fingerprint density at radius 2 is 2.35 bits per heavy atom. The van der Waals surface area contributed by atoms with Gasteiger partial charge >= 0.3 is 0 Å². The van der Waals surface area contributed by atoms with Gasteiger partial charge < -0.3 is 20.6 Å². The largest absolute Gasteiger partial charge is 0.409 e. The molecule has 1 rings (SSSR count). The fourth-order valence-electron chi connectivity index (χ4n) is 2.15. The first-order valence-corrected chi connectivity index (χ1v) is 6.48. The van der Waals surface area contributed by atoms with Crippen molar-refractivity contribution in [1.29, 1.82) is 0 Å². The summed E-state index contributed by atoms with van der Waals surface area (Å²) in [5.41, 5.74) is 5.59. The van der Waals surface area contributed by atoms with Crippen molar-refractivity contribution in [3.8, 4) is 0 Å². The molecule has 0 aromatic carbocycles. The molecule has 17 heavy (non-hydrogen) atoms. The summed E-state index contributed by atoms with van der Waals surface area (Å²) in [4.78, 5) is 2.30. The summed E-state index contributed by atoms with van der Waals surface area (Å²) >= 11 is 0. The first-order valence-electron chi connectivity index (χ1n) is 6.48. The van der Waals surface area contributed by atoms with Gasteiger partial charge in [-0.1, -0.05) is 19.0 Å². The van der Waals surface area contributed by atoms with E-state index in [2.05, 4.69) is 17.0 Å². The summed E-state index contributed by atoms with van der Waals surface area (Å²) in [6.45, 7) is 7.70. The van der Waals surface area contributed by atoms with E-state index in [1.165, 1.54) is 12.8 Å². The van der Waals surface area contributed by atoms with Crippen molar-refractivity contribution in [2.24, 2.45) is 16.8 Å². The Morgan fingerprint density at radius 1 is 1.59 bits per heavy atom. The SMILES string of the molecule is CCN(CC1CCCCO1)CC(C)C(N)=NO. The number of amidine groups is 1. The van der Waals surface area contributed by atoms with Crippen molar-refractivity contribution < 1.29 is 9.94 Å². The fourth-order valence-corrected chi connectivity index (χ4v) is 2.15. The lowest BCUT2D eigenvalue weighted by molar-refractivity contribution is -0.00579. The molecule has 3 N–H and O–H groups in total. The zero-order valence-electron chi connectivity index (χ0n) is 10.9. The van der Waals surface area contributed by atoms with Crippen LogP contribution in [0.15, 0.2) is 5.16 Å². The van der Waals surface area contributed by atoms with Gasteiger partial charge in [-0.15, -0.1) is 0 Å². The van der Waals surface area contributed by atoms with Crippen LogP contribution in [0, 0.1) is 5.92 Å². The monoisotopic (exact) mass is 243 g/mol. The summed E-state index contributed by atoms with van der Waals surface area (Å²) in [5.74, 6) is 0.372. The van der Waals surface area contributed by atoms with Gasteiger partial charge in [-0.25, -0.2) is 0 Å². The molecule has 0 bridgehead atoms. The summed E-state index contributed by atoms with van der Waals surface area (Å²) in [7, 11) is 0. The average Bonchev–Trinajstić information content (AvgIpc) is 2.38. The molecule has 0 saturated carbocycles. The van der Waals surface area contributed by atoms with E-state index in [-0.39, 0.29) is 5.92 Å². The highest BCUT2D eigenvalue weighted by Crippen LogP contribution is 2.14. The normalized spacial score (nSPS) is 23.9. The second-order valence-electron chi connectivity index (χ2n) is 4.77. The van der Waals surface area contributed by atoms with Gasteiger partial charge in [0.05, 0.1) is 6.10 Å². The van der Waals surface area contributed by atoms with E-state index in [1.54, 1.807) is 0 Å². The van der Waals surface area contributed by atoms with Crippen molar-refractivity contribution in [1.82, 2.24) is 4.90 Å². The molecule has 1 fully saturated rings. The molecule has 0 aromatic rings. The molecule has 2 unspecified atom stereocenters. The Kier molecular flexibility index (Phi) is 6.29. The molecule has 5 nitrogen and oxygen atoms in total. The lowest BCUT2D eigenvalue weighted by Gasteiger charge is -2.30. The molecule has 1 aliphatic heterocycles. The Balaban J connectivity index is 2.36. The second kappa shape index (κ2) is 7.50. The summed E-state index contributed by atoms with van der Waals surface area (Å²) in [5, 5.41) is 11.7. The van der Waals surface area contributed by atoms with E-state index in [1.807, 2.05) is 6.92 Å². The van der Waals surface area contributed by atoms with E-state index in [0.717, 1.165) is 32.7 Å². The minimum absolute atomic E-state index is 0.0727. The molecule has 100 valence electrons. The second-order valence-corrected chi connectivity index (χ2v) is 4.77. The van der Waals surface area contributed by atoms with Crippen molar-refractivity contribution in [2.75, 3.05) is 26.2 Å². The maximum atomic E-state index is 8.63. The van der Waals surface area contributed by atoms with Crippen LogP contribution in [0.25, 0.3) is 0 Å². The molecule has 0 radical (unpaired) electrons. The van der Waals surface area contributed by atoms with E-state index in [0.29, 0.717) is 11.9 Å². The van der Waals surface area contributed by atoms with Gasteiger partial charge in [0.1, 0.15) is 5.84 Å². The number of ether oxygens (including phenoxy) is 1. The zero-order valence-corrected chi connectivity index (χ0v) is 10.9. The van der Waals surface area contributed by atoms with E-state index >= 15 is 0 Å². The number of hydrogen-bond acceptors (Lipinski definition) is 4. The van der Waals surface area contributed by atoms with Gasteiger partial charge in [0.2, 0.25) is 0 Å². The lowest BCUT2D eigenvalue weighted by atomic mass is 10.1. The summed E-state index contributed by atoms with van der Waals surface area (Å²) < 4.78 is 5.73. The van der Waals surface area contributed by atoms with Gasteiger partial charge in [0, 0.05) is 25.6 Å². The predicted molar refractivity (Wildman–Crippen MR) is 68.3 cm³/mol. The molecule has 0 spiro atoms. The topological polar surface area (TPSA) is 71.1 Å². The molecular formula is C12H25N3O2. The molecule has 5 heteroatoms. The van der Waals surface area contributed by atoms with Crippen molar-refractivity contribution in [3.63, 3.8) is 0 Å². The van der Waals surface area contributed by atoms with Gasteiger partial charge in [-0.3, -0.25) is 0 Å². The van der Waals surface area contributed by atoms with E-state index < -0.39 is 0 Å². The van der Waals surface area contributed by atoms with Crippen LogP contribution in [-0.4, -0.2) is 48.3 Å². The average molecular weight is 243 g/mol. The zero-order chi connectivity index (χ0) is 12.7. The molecule has 1 saturated heterocycles. The van der Waals surface area contributed by atoms with Crippen LogP contribution < -0.4 is 5.73 Å². The molecule has 0 amide bonds. The number of likely N-dealkylation sites (N-methyl/N-ethyl adjacent to an activating group) is 1. The van der Waals surface area contributed by atoms with Crippen molar-refractivity contribution >= 4 is 5.84 Å². The maximum Gasteiger partial charge on any atom is 0.143 e. The van der Waals surface area contributed by atoms with Crippen LogP contribution in [0.2, 0.25) is 0 Å². The molecule has 1 heterocycles. The van der Waals surface area contributed by atoms with E-state index in [9.17, 15) is 0 Å². The van der Waals surface area contributed by atoms with Crippen LogP contribution in [0.1, 0.15) is 33.1 Å². The molecule has 2 atom stereocenters. The van der Waals surface area contributed by atoms with Crippen LogP contribution in [-0.2, 0) is 4.74 Å². The highest BCUT2D eigenvalue weighted by atomic mass is 16.5. The molecule has 0 aromatic heterocycles. The third kappa shape index (κ3) is 4.91. The molecular weight excluding hydrogens is 218 g/mol. The summed E-state index contributed by atoms with van der Waals surface area (Å²) in [6, 6.07) is 0. The molecule has 1 aliphatic rings. The van der Waals surface area contributed by atoms with Crippen molar-refractivity contribution in [2.45, 2.75) is 39.2 Å². The Labute approximate surface area is 104 Å². The van der Waals surface area contributed by atoms with Crippen LogP contribution in [0.4, 0.5) is 0 Å². The third-order valence-electron chi connectivity index (χ3n) is 3.34. The lowest BCUT2D eigenvalue weighted by Crippen LogP contribution is -2.40. The highest BCUT2D eigenvalue weighted by Gasteiger charge is 2.19. The predicted octanol–water partition coefficient (Wildman–Crippen LogP) is 1.26. The Morgan fingerprint density at radius 3 is 2.88 bits per heavy atom. The third-order valence-corrected chi connectivity index (χ3v) is 3.34. The number of nitrogens with two attached hydrogens (primary N) is 1. The number of nitrogens with zero attached hydrogens (tertiary/aromatic N) is 2. The van der Waals surface area contributed by atoms with Gasteiger partial charge in [-0.2, -0.15) is 0 Å². The van der Waals surface area contributed by atoms with Gasteiger partial charge in [0.15, 0.2) is 0 Å². The standard InChI is InChI=1S/C12H25N3O2/c1-3-15(8-10(2)12(13)14-16)9-11-6-4-5-7-17-11/h10-11,16H,3-9H2,1-2H3,(H2,13,14). The quantitative estimate of drug-likeness (QED) is 0.319. The highest BCUT2D eigenvalue weighted by molar-refractivity contribution is 5.82. The number of hydrogen-bond donors (Lipinski definition) is 2. The minimum Gasteiger partial charge on any atom is -0.409 e. The first kappa shape index (κ1) is 14.3.